The molecule has 0 saturated heterocycles. The molecule has 1 rings (SSSR count). The molecule has 0 spiro atoms. The molecule has 0 aromatic heterocycles. The van der Waals surface area contributed by atoms with Gasteiger partial charge in [-0.25, -0.2) is 4.99 Å². The van der Waals surface area contributed by atoms with Crippen LogP contribution in [0.25, 0.3) is 0 Å². The lowest BCUT2D eigenvalue weighted by atomic mass is 10.2. The lowest BCUT2D eigenvalue weighted by Crippen LogP contribution is -2.42. The molecule has 0 amide bonds. The highest BCUT2D eigenvalue weighted by Gasteiger charge is 2.08. The van der Waals surface area contributed by atoms with Crippen LogP contribution in [0.15, 0.2) is 23.2 Å². The summed E-state index contributed by atoms with van der Waals surface area (Å²) in [6.07, 6.45) is 7.57. The number of methoxy groups -OCH3 is 1. The summed E-state index contributed by atoms with van der Waals surface area (Å²) in [5, 5.41) is 6.83. The number of rotatable bonds is 13. The average Bonchev–Trinajstić information content (AvgIpc) is 2.73. The smallest absolute Gasteiger partial charge is 0.191 e. The zero-order valence-electron chi connectivity index (χ0n) is 19.2. The van der Waals surface area contributed by atoms with Gasteiger partial charge < -0.3 is 25.0 Å². The van der Waals surface area contributed by atoms with Crippen molar-refractivity contribution in [2.24, 2.45) is 4.99 Å². The molecule has 7 heteroatoms. The molecular weight excluding hydrogens is 491 g/mol. The molecule has 0 heterocycles. The molecule has 0 radical (unpaired) electrons. The van der Waals surface area contributed by atoms with Crippen molar-refractivity contribution in [2.45, 2.75) is 53.1 Å². The van der Waals surface area contributed by atoms with Crippen molar-refractivity contribution >= 4 is 29.9 Å². The number of nitrogens with zero attached hydrogens (tertiary/aromatic N) is 2. The van der Waals surface area contributed by atoms with Crippen LogP contribution in [-0.4, -0.2) is 56.8 Å². The number of guanidine groups is 1. The summed E-state index contributed by atoms with van der Waals surface area (Å²) in [5.41, 5.74) is 1.03. The summed E-state index contributed by atoms with van der Waals surface area (Å²) >= 11 is 0. The number of benzene rings is 1. The Labute approximate surface area is 200 Å². The van der Waals surface area contributed by atoms with Crippen LogP contribution in [0.2, 0.25) is 0 Å². The van der Waals surface area contributed by atoms with Crippen molar-refractivity contribution in [1.82, 2.24) is 15.5 Å². The van der Waals surface area contributed by atoms with Gasteiger partial charge in [0.1, 0.15) is 6.61 Å². The molecule has 0 aliphatic carbocycles. The van der Waals surface area contributed by atoms with Crippen molar-refractivity contribution in [3.8, 4) is 23.8 Å². The standard InChI is InChI=1S/C23H38N4O2.HI/c1-7-16-29-22-17-20(13-14-21(22)28-6)18-25-23(24-8-2)26-19(5)12-11-15-27(9-3)10-4;/h1,13-14,17,19H,8-12,15-16,18H2,2-6H3,(H2,24,25,26);1H. The van der Waals surface area contributed by atoms with Gasteiger partial charge in [-0.2, -0.15) is 0 Å². The molecular formula is C23H39IN4O2. The molecule has 0 fully saturated rings. The highest BCUT2D eigenvalue weighted by Crippen LogP contribution is 2.28. The Morgan fingerprint density at radius 2 is 1.97 bits per heavy atom. The summed E-state index contributed by atoms with van der Waals surface area (Å²) in [7, 11) is 1.62. The number of aliphatic imine (C=N–C) groups is 1. The van der Waals surface area contributed by atoms with Crippen LogP contribution < -0.4 is 20.1 Å². The van der Waals surface area contributed by atoms with Crippen LogP contribution >= 0.6 is 24.0 Å². The van der Waals surface area contributed by atoms with E-state index in [1.54, 1.807) is 7.11 Å². The number of hydrogen-bond donors (Lipinski definition) is 2. The zero-order chi connectivity index (χ0) is 21.5. The maximum atomic E-state index is 5.57. The van der Waals surface area contributed by atoms with Crippen LogP contribution in [0.1, 0.15) is 46.1 Å². The Morgan fingerprint density at radius 1 is 1.23 bits per heavy atom. The van der Waals surface area contributed by atoms with Crippen molar-refractivity contribution in [3.63, 3.8) is 0 Å². The van der Waals surface area contributed by atoms with Crippen molar-refractivity contribution in [3.05, 3.63) is 23.8 Å². The van der Waals surface area contributed by atoms with Gasteiger partial charge >= 0.3 is 0 Å². The number of nitrogens with one attached hydrogen (secondary N) is 2. The molecule has 0 aliphatic rings. The maximum absolute atomic E-state index is 5.57. The second-order valence-corrected chi connectivity index (χ2v) is 6.89. The van der Waals surface area contributed by atoms with Crippen LogP contribution in [0.4, 0.5) is 0 Å². The minimum Gasteiger partial charge on any atom is -0.493 e. The third-order valence-electron chi connectivity index (χ3n) is 4.69. The second-order valence-electron chi connectivity index (χ2n) is 6.89. The molecule has 1 aromatic rings. The molecule has 170 valence electrons. The van der Waals surface area contributed by atoms with Crippen molar-refractivity contribution in [1.29, 1.82) is 0 Å². The van der Waals surface area contributed by atoms with Crippen LogP contribution in [-0.2, 0) is 6.54 Å². The average molecular weight is 530 g/mol. The van der Waals surface area contributed by atoms with E-state index < -0.39 is 0 Å². The van der Waals surface area contributed by atoms with Gasteiger partial charge in [0.25, 0.3) is 0 Å². The maximum Gasteiger partial charge on any atom is 0.191 e. The summed E-state index contributed by atoms with van der Waals surface area (Å²) in [6, 6.07) is 6.15. The largest absolute Gasteiger partial charge is 0.493 e. The van der Waals surface area contributed by atoms with E-state index in [0.717, 1.165) is 44.1 Å². The lowest BCUT2D eigenvalue weighted by Gasteiger charge is -2.21. The highest BCUT2D eigenvalue weighted by molar-refractivity contribution is 14.0. The molecule has 6 nitrogen and oxygen atoms in total. The molecule has 1 atom stereocenters. The quantitative estimate of drug-likeness (QED) is 0.176. The predicted octanol–water partition coefficient (Wildman–Crippen LogP) is 3.89. The SMILES string of the molecule is C#CCOc1cc(CN=C(NCC)NC(C)CCCN(CC)CC)ccc1OC.I. The first-order valence-corrected chi connectivity index (χ1v) is 10.6. The van der Waals surface area contributed by atoms with E-state index in [2.05, 4.69) is 49.1 Å². The Hall–Kier alpha value is -1.66. The van der Waals surface area contributed by atoms with Gasteiger partial charge in [-0.3, -0.25) is 0 Å². The Morgan fingerprint density at radius 3 is 2.57 bits per heavy atom. The Bertz CT molecular complexity index is 657. The van der Waals surface area contributed by atoms with Gasteiger partial charge in [0.05, 0.1) is 13.7 Å². The number of ether oxygens (including phenoxy) is 2. The number of hydrogen-bond acceptors (Lipinski definition) is 4. The number of terminal acetylenes is 1. The fraction of sp³-hybridized carbons (Fsp3) is 0.609. The van der Waals surface area contributed by atoms with E-state index in [1.807, 2.05) is 18.2 Å². The van der Waals surface area contributed by atoms with E-state index in [0.29, 0.717) is 24.1 Å². The summed E-state index contributed by atoms with van der Waals surface area (Å²) in [6.45, 7) is 13.6. The monoisotopic (exact) mass is 530 g/mol. The third-order valence-corrected chi connectivity index (χ3v) is 4.69. The second kappa shape index (κ2) is 17.1. The van der Waals surface area contributed by atoms with Gasteiger partial charge in [0.2, 0.25) is 0 Å². The molecule has 0 saturated carbocycles. The van der Waals surface area contributed by atoms with Gasteiger partial charge in [-0.05, 0) is 64.0 Å². The number of halogens is 1. The highest BCUT2D eigenvalue weighted by atomic mass is 127. The minimum absolute atomic E-state index is 0. The third kappa shape index (κ3) is 10.9. The van der Waals surface area contributed by atoms with E-state index in [9.17, 15) is 0 Å². The minimum atomic E-state index is 0. The first kappa shape index (κ1) is 28.3. The van der Waals surface area contributed by atoms with Crippen LogP contribution in [0.3, 0.4) is 0 Å². The van der Waals surface area contributed by atoms with Gasteiger partial charge in [-0.1, -0.05) is 25.8 Å². The zero-order valence-corrected chi connectivity index (χ0v) is 21.5. The Balaban J connectivity index is 0.00000841. The molecule has 1 aromatic carbocycles. The summed E-state index contributed by atoms with van der Waals surface area (Å²) < 4.78 is 10.9. The van der Waals surface area contributed by atoms with Gasteiger partial charge in [0, 0.05) is 12.6 Å². The molecule has 2 N–H and O–H groups in total. The van der Waals surface area contributed by atoms with Crippen LogP contribution in [0, 0.1) is 12.3 Å². The topological polar surface area (TPSA) is 58.1 Å². The van der Waals surface area contributed by atoms with E-state index >= 15 is 0 Å². The van der Waals surface area contributed by atoms with Gasteiger partial charge in [0.15, 0.2) is 17.5 Å². The summed E-state index contributed by atoms with van der Waals surface area (Å²) in [5.74, 6) is 4.61. The normalized spacial score (nSPS) is 12.0. The molecule has 1 unspecified atom stereocenters. The van der Waals surface area contributed by atoms with Gasteiger partial charge in [-0.15, -0.1) is 30.4 Å². The first-order chi connectivity index (χ1) is 14.1. The molecule has 0 bridgehead atoms. The predicted molar refractivity (Wildman–Crippen MR) is 137 cm³/mol. The lowest BCUT2D eigenvalue weighted by molar-refractivity contribution is 0.292. The van der Waals surface area contributed by atoms with Crippen molar-refractivity contribution < 1.29 is 9.47 Å². The molecule has 0 aliphatic heterocycles. The van der Waals surface area contributed by atoms with E-state index in [1.165, 1.54) is 6.42 Å². The first-order valence-electron chi connectivity index (χ1n) is 10.6. The van der Waals surface area contributed by atoms with Crippen molar-refractivity contribution in [2.75, 3.05) is 39.9 Å². The van der Waals surface area contributed by atoms with E-state index in [4.69, 9.17) is 20.9 Å². The Kier molecular flexibility index (Phi) is 16.1. The summed E-state index contributed by atoms with van der Waals surface area (Å²) in [4.78, 5) is 7.18. The fourth-order valence-electron chi connectivity index (χ4n) is 3.01. The molecule has 30 heavy (non-hydrogen) atoms. The van der Waals surface area contributed by atoms with Crippen LogP contribution in [0.5, 0.6) is 11.5 Å². The fourth-order valence-corrected chi connectivity index (χ4v) is 3.01. The van der Waals surface area contributed by atoms with E-state index in [-0.39, 0.29) is 30.6 Å².